The van der Waals surface area contributed by atoms with E-state index in [4.69, 9.17) is 9.47 Å². The molecule has 168 valence electrons. The molecule has 0 atom stereocenters. The van der Waals surface area contributed by atoms with Crippen LogP contribution in [0.2, 0.25) is 0 Å². The number of rotatable bonds is 7. The van der Waals surface area contributed by atoms with Gasteiger partial charge in [-0.15, -0.1) is 0 Å². The summed E-state index contributed by atoms with van der Waals surface area (Å²) in [5, 5.41) is 21.9. The largest absolute Gasteiger partial charge is 0.493 e. The van der Waals surface area contributed by atoms with Crippen molar-refractivity contribution in [1.82, 2.24) is 9.97 Å². The molecule has 0 aliphatic heterocycles. The van der Waals surface area contributed by atoms with Crippen LogP contribution >= 0.6 is 0 Å². The first kappa shape index (κ1) is 22.2. The maximum absolute atomic E-state index is 12.4. The fourth-order valence-corrected chi connectivity index (χ4v) is 3.39. The molecule has 0 amide bonds. The van der Waals surface area contributed by atoms with Crippen molar-refractivity contribution in [2.45, 2.75) is 6.61 Å². The van der Waals surface area contributed by atoms with Gasteiger partial charge in [-0.3, -0.25) is 14.9 Å². The Bertz CT molecular complexity index is 1500. The fourth-order valence-electron chi connectivity index (χ4n) is 3.39. The minimum atomic E-state index is -0.581. The van der Waals surface area contributed by atoms with Crippen LogP contribution in [-0.2, 0) is 6.61 Å². The number of ether oxygens (including phenoxy) is 2. The van der Waals surface area contributed by atoms with Crippen LogP contribution in [0.1, 0.15) is 17.0 Å². The van der Waals surface area contributed by atoms with Gasteiger partial charge in [-0.05, 0) is 35.4 Å². The summed E-state index contributed by atoms with van der Waals surface area (Å²) in [5.74, 6) is 0.162. The number of fused-ring (bicyclic) bond motifs is 1. The third-order valence-corrected chi connectivity index (χ3v) is 5.00. The number of para-hydroxylation sites is 1. The van der Waals surface area contributed by atoms with E-state index < -0.39 is 10.5 Å². The van der Waals surface area contributed by atoms with Gasteiger partial charge in [0.25, 0.3) is 5.56 Å². The molecule has 0 bridgehead atoms. The van der Waals surface area contributed by atoms with E-state index in [-0.39, 0.29) is 35.2 Å². The second kappa shape index (κ2) is 9.67. The zero-order chi connectivity index (χ0) is 24.1. The highest BCUT2D eigenvalue weighted by Crippen LogP contribution is 2.39. The van der Waals surface area contributed by atoms with Gasteiger partial charge in [0.15, 0.2) is 11.6 Å². The van der Waals surface area contributed by atoms with Gasteiger partial charge in [-0.1, -0.05) is 42.5 Å². The van der Waals surface area contributed by atoms with E-state index in [1.54, 1.807) is 24.3 Å². The van der Waals surface area contributed by atoms with Crippen LogP contribution in [0.3, 0.4) is 0 Å². The van der Waals surface area contributed by atoms with Gasteiger partial charge in [0, 0.05) is 6.07 Å². The third-order valence-electron chi connectivity index (χ3n) is 5.00. The van der Waals surface area contributed by atoms with Crippen molar-refractivity contribution in [3.05, 3.63) is 104 Å². The van der Waals surface area contributed by atoms with E-state index in [9.17, 15) is 20.2 Å². The predicted octanol–water partition coefficient (Wildman–Crippen LogP) is 4.48. The maximum Gasteiger partial charge on any atom is 0.315 e. The van der Waals surface area contributed by atoms with Crippen molar-refractivity contribution in [3.63, 3.8) is 0 Å². The zero-order valence-corrected chi connectivity index (χ0v) is 18.0. The summed E-state index contributed by atoms with van der Waals surface area (Å²) in [6, 6.07) is 20.7. The number of nitriles is 1. The molecule has 0 radical (unpaired) electrons. The van der Waals surface area contributed by atoms with Crippen LogP contribution in [0.25, 0.3) is 22.6 Å². The molecule has 1 N–H and O–H groups in total. The predicted molar refractivity (Wildman–Crippen MR) is 126 cm³/mol. The average molecular weight is 454 g/mol. The van der Waals surface area contributed by atoms with Crippen LogP contribution < -0.4 is 15.0 Å². The number of nitro groups is 1. The molecule has 34 heavy (non-hydrogen) atoms. The fraction of sp³-hybridized carbons (Fsp3) is 0.0800. The topological polar surface area (TPSA) is 131 Å². The number of nitrogens with zero attached hydrogens (tertiary/aromatic N) is 3. The highest BCUT2D eigenvalue weighted by Gasteiger charge is 2.22. The number of hydrogen-bond acceptors (Lipinski definition) is 7. The number of nitrogens with one attached hydrogen (secondary N) is 1. The second-order valence-electron chi connectivity index (χ2n) is 7.20. The van der Waals surface area contributed by atoms with Gasteiger partial charge in [0.1, 0.15) is 12.7 Å². The van der Waals surface area contributed by atoms with Gasteiger partial charge in [-0.25, -0.2) is 4.98 Å². The minimum absolute atomic E-state index is 0.0238. The van der Waals surface area contributed by atoms with Crippen molar-refractivity contribution >= 4 is 28.2 Å². The van der Waals surface area contributed by atoms with Crippen molar-refractivity contribution in [2.24, 2.45) is 0 Å². The molecular formula is C25H18N4O5. The van der Waals surface area contributed by atoms with Gasteiger partial charge in [0.05, 0.1) is 28.5 Å². The number of allylic oxidation sites excluding steroid dienone is 1. The van der Waals surface area contributed by atoms with Gasteiger partial charge in [0.2, 0.25) is 5.75 Å². The molecule has 0 saturated heterocycles. The highest BCUT2D eigenvalue weighted by molar-refractivity contribution is 5.89. The number of H-pyrrole nitrogens is 1. The Labute approximate surface area is 193 Å². The number of hydrogen-bond donors (Lipinski definition) is 1. The Hall–Kier alpha value is -4.97. The van der Waals surface area contributed by atoms with Gasteiger partial charge >= 0.3 is 5.69 Å². The minimum Gasteiger partial charge on any atom is -0.493 e. The molecule has 0 aliphatic rings. The van der Waals surface area contributed by atoms with Crippen LogP contribution in [0.5, 0.6) is 11.5 Å². The first-order valence-electron chi connectivity index (χ1n) is 10.1. The van der Waals surface area contributed by atoms with E-state index in [2.05, 4.69) is 9.97 Å². The first-order chi connectivity index (χ1) is 16.5. The number of aromatic amines is 1. The third kappa shape index (κ3) is 4.61. The van der Waals surface area contributed by atoms with Crippen molar-refractivity contribution in [2.75, 3.05) is 7.11 Å². The summed E-state index contributed by atoms with van der Waals surface area (Å²) in [6.45, 7) is 0.110. The molecule has 1 aromatic heterocycles. The monoisotopic (exact) mass is 454 g/mol. The second-order valence-corrected chi connectivity index (χ2v) is 7.20. The summed E-state index contributed by atoms with van der Waals surface area (Å²) < 4.78 is 11.1. The Balaban J connectivity index is 1.76. The Kier molecular flexibility index (Phi) is 6.32. The molecule has 0 fully saturated rings. The molecule has 0 aliphatic carbocycles. The molecule has 4 rings (SSSR count). The molecule has 3 aromatic carbocycles. The molecule has 0 spiro atoms. The number of methoxy groups -OCH3 is 1. The van der Waals surface area contributed by atoms with E-state index in [0.717, 1.165) is 5.56 Å². The first-order valence-corrected chi connectivity index (χ1v) is 10.1. The van der Waals surface area contributed by atoms with Crippen LogP contribution in [0, 0.1) is 21.4 Å². The Morgan fingerprint density at radius 1 is 1.18 bits per heavy atom. The molecule has 4 aromatic rings. The summed E-state index contributed by atoms with van der Waals surface area (Å²) >= 11 is 0. The van der Waals surface area contributed by atoms with Crippen molar-refractivity contribution in [1.29, 1.82) is 5.26 Å². The number of benzene rings is 3. The highest BCUT2D eigenvalue weighted by atomic mass is 16.6. The summed E-state index contributed by atoms with van der Waals surface area (Å²) in [7, 11) is 1.37. The standard InChI is InChI=1S/C25H18N4O5/c1-33-22-13-17(12-21(29(31)32)23(22)34-15-16-7-3-2-4-8-16)11-18(14-26)24-27-20-10-6-5-9-19(20)25(30)28-24/h2-13H,15H2,1H3,(H,27,28,30)/b18-11-. The zero-order valence-electron chi connectivity index (χ0n) is 18.0. The molecule has 0 saturated carbocycles. The Morgan fingerprint density at radius 3 is 2.62 bits per heavy atom. The lowest BCUT2D eigenvalue weighted by Crippen LogP contribution is -2.11. The average Bonchev–Trinajstić information content (AvgIpc) is 2.86. The lowest BCUT2D eigenvalue weighted by Gasteiger charge is -2.12. The van der Waals surface area contributed by atoms with Crippen LogP contribution in [-0.4, -0.2) is 22.0 Å². The normalized spacial score (nSPS) is 11.1. The van der Waals surface area contributed by atoms with Gasteiger partial charge < -0.3 is 14.5 Å². The Morgan fingerprint density at radius 2 is 1.91 bits per heavy atom. The van der Waals surface area contributed by atoms with Crippen LogP contribution in [0.15, 0.2) is 71.5 Å². The quantitative estimate of drug-likeness (QED) is 0.247. The van der Waals surface area contributed by atoms with E-state index in [1.165, 1.54) is 25.3 Å². The smallest absolute Gasteiger partial charge is 0.315 e. The summed E-state index contributed by atoms with van der Waals surface area (Å²) in [5.41, 5.74) is 0.880. The lowest BCUT2D eigenvalue weighted by molar-refractivity contribution is -0.386. The molecular weight excluding hydrogens is 436 g/mol. The lowest BCUT2D eigenvalue weighted by atomic mass is 10.1. The molecule has 9 nitrogen and oxygen atoms in total. The molecule has 0 unspecified atom stereocenters. The van der Waals surface area contributed by atoms with Crippen LogP contribution in [0.4, 0.5) is 5.69 Å². The van der Waals surface area contributed by atoms with Crippen molar-refractivity contribution in [3.8, 4) is 17.6 Å². The number of aromatic nitrogens is 2. The van der Waals surface area contributed by atoms with E-state index >= 15 is 0 Å². The van der Waals surface area contributed by atoms with Gasteiger partial charge in [-0.2, -0.15) is 5.26 Å². The van der Waals surface area contributed by atoms with Crippen molar-refractivity contribution < 1.29 is 14.4 Å². The summed E-state index contributed by atoms with van der Waals surface area (Å²) in [6.07, 6.45) is 1.39. The molecule has 1 heterocycles. The SMILES string of the molecule is COc1cc(/C=C(/C#N)c2nc3ccccc3c(=O)[nH]2)cc([N+](=O)[O-])c1OCc1ccccc1. The molecule has 9 heteroatoms. The van der Waals surface area contributed by atoms with E-state index in [0.29, 0.717) is 16.5 Å². The number of nitro benzene ring substituents is 1. The van der Waals surface area contributed by atoms with E-state index in [1.807, 2.05) is 36.4 Å². The maximum atomic E-state index is 12.4. The summed E-state index contributed by atoms with van der Waals surface area (Å²) in [4.78, 5) is 30.5.